The van der Waals surface area contributed by atoms with Crippen LogP contribution >= 0.6 is 0 Å². The zero-order valence-electron chi connectivity index (χ0n) is 15.2. The first kappa shape index (κ1) is 18.8. The number of carbonyl (C=O) groups excluding carboxylic acids is 1. The van der Waals surface area contributed by atoms with Crippen LogP contribution in [0.15, 0.2) is 78.9 Å². The molecule has 0 fully saturated rings. The lowest BCUT2D eigenvalue weighted by Crippen LogP contribution is -2.14. The predicted octanol–water partition coefficient (Wildman–Crippen LogP) is 4.78. The zero-order chi connectivity index (χ0) is 19.9. The van der Waals surface area contributed by atoms with E-state index in [4.69, 9.17) is 4.74 Å². The van der Waals surface area contributed by atoms with Crippen LogP contribution in [0.3, 0.4) is 0 Å². The third-order valence-corrected chi connectivity index (χ3v) is 4.08. The van der Waals surface area contributed by atoms with Crippen LogP contribution in [0, 0.1) is 10.1 Å². The van der Waals surface area contributed by atoms with Gasteiger partial charge in [0.2, 0.25) is 0 Å². The van der Waals surface area contributed by atoms with E-state index in [2.05, 4.69) is 5.32 Å². The number of nitro groups is 1. The van der Waals surface area contributed by atoms with E-state index in [9.17, 15) is 14.9 Å². The fraction of sp³-hybridized carbons (Fsp3) is 0.0455. The largest absolute Gasteiger partial charge is 0.495 e. The minimum absolute atomic E-state index is 0.135. The van der Waals surface area contributed by atoms with Crippen molar-refractivity contribution in [1.29, 1.82) is 0 Å². The SMILES string of the molecule is COc1ccc([N+](=O)[O-])cc1NC(=O)/C(=C\c1ccccc1)c1ccccc1. The summed E-state index contributed by atoms with van der Waals surface area (Å²) < 4.78 is 5.23. The summed E-state index contributed by atoms with van der Waals surface area (Å²) >= 11 is 0. The zero-order valence-corrected chi connectivity index (χ0v) is 15.2. The second-order valence-electron chi connectivity index (χ2n) is 5.93. The van der Waals surface area contributed by atoms with E-state index < -0.39 is 10.8 Å². The number of nitro benzene ring substituents is 1. The van der Waals surface area contributed by atoms with E-state index in [0.717, 1.165) is 11.1 Å². The molecule has 0 radical (unpaired) electrons. The van der Waals surface area contributed by atoms with Crippen LogP contribution in [0.1, 0.15) is 11.1 Å². The summed E-state index contributed by atoms with van der Waals surface area (Å²) in [5.74, 6) is -0.0556. The summed E-state index contributed by atoms with van der Waals surface area (Å²) in [6.07, 6.45) is 1.77. The van der Waals surface area contributed by atoms with Gasteiger partial charge in [0.1, 0.15) is 5.75 Å². The number of hydrogen-bond acceptors (Lipinski definition) is 4. The number of amides is 1. The molecule has 0 bridgehead atoms. The first-order valence-electron chi connectivity index (χ1n) is 8.54. The Labute approximate surface area is 162 Å². The van der Waals surface area contributed by atoms with Crippen molar-refractivity contribution in [3.63, 3.8) is 0 Å². The number of anilines is 1. The van der Waals surface area contributed by atoms with Crippen LogP contribution in [0.4, 0.5) is 11.4 Å². The fourth-order valence-corrected chi connectivity index (χ4v) is 2.71. The summed E-state index contributed by atoms with van der Waals surface area (Å²) in [4.78, 5) is 23.6. The Bertz CT molecular complexity index is 1020. The summed E-state index contributed by atoms with van der Waals surface area (Å²) in [7, 11) is 1.44. The van der Waals surface area contributed by atoms with Crippen molar-refractivity contribution in [2.45, 2.75) is 0 Å². The molecule has 0 aliphatic rings. The molecule has 6 heteroatoms. The minimum atomic E-state index is -0.521. The number of rotatable bonds is 6. The monoisotopic (exact) mass is 374 g/mol. The van der Waals surface area contributed by atoms with Gasteiger partial charge in [-0.05, 0) is 23.3 Å². The van der Waals surface area contributed by atoms with Gasteiger partial charge in [0, 0.05) is 17.7 Å². The molecule has 3 aromatic carbocycles. The van der Waals surface area contributed by atoms with Gasteiger partial charge in [-0.25, -0.2) is 0 Å². The van der Waals surface area contributed by atoms with Crippen molar-refractivity contribution in [2.75, 3.05) is 12.4 Å². The maximum Gasteiger partial charge on any atom is 0.271 e. The van der Waals surface area contributed by atoms with E-state index in [1.807, 2.05) is 60.7 Å². The molecule has 3 rings (SSSR count). The molecule has 0 aliphatic heterocycles. The highest BCUT2D eigenvalue weighted by molar-refractivity contribution is 6.29. The number of hydrogen-bond donors (Lipinski definition) is 1. The molecule has 0 heterocycles. The Balaban J connectivity index is 2.00. The van der Waals surface area contributed by atoms with Gasteiger partial charge in [-0.2, -0.15) is 0 Å². The minimum Gasteiger partial charge on any atom is -0.495 e. The molecule has 0 aromatic heterocycles. The number of ether oxygens (including phenoxy) is 1. The van der Waals surface area contributed by atoms with Gasteiger partial charge in [0.15, 0.2) is 0 Å². The predicted molar refractivity (Wildman–Crippen MR) is 109 cm³/mol. The highest BCUT2D eigenvalue weighted by atomic mass is 16.6. The molecule has 1 N–H and O–H groups in total. The average Bonchev–Trinajstić information content (AvgIpc) is 2.73. The molecule has 140 valence electrons. The van der Waals surface area contributed by atoms with Crippen LogP contribution in [0.5, 0.6) is 5.75 Å². The van der Waals surface area contributed by atoms with Crippen molar-refractivity contribution in [1.82, 2.24) is 0 Å². The lowest BCUT2D eigenvalue weighted by atomic mass is 10.0. The fourth-order valence-electron chi connectivity index (χ4n) is 2.71. The molecule has 0 spiro atoms. The number of methoxy groups -OCH3 is 1. The van der Waals surface area contributed by atoms with Gasteiger partial charge in [-0.15, -0.1) is 0 Å². The van der Waals surface area contributed by atoms with Gasteiger partial charge in [-0.3, -0.25) is 14.9 Å². The third-order valence-electron chi connectivity index (χ3n) is 4.08. The van der Waals surface area contributed by atoms with Crippen molar-refractivity contribution >= 4 is 28.9 Å². The molecule has 1 amide bonds. The van der Waals surface area contributed by atoms with Gasteiger partial charge < -0.3 is 10.1 Å². The molecule has 28 heavy (non-hydrogen) atoms. The summed E-state index contributed by atoms with van der Waals surface area (Å²) in [5.41, 5.74) is 2.12. The average molecular weight is 374 g/mol. The summed E-state index contributed by atoms with van der Waals surface area (Å²) in [6, 6.07) is 22.7. The molecule has 0 unspecified atom stereocenters. The van der Waals surface area contributed by atoms with E-state index in [0.29, 0.717) is 11.3 Å². The molecular weight excluding hydrogens is 356 g/mol. The van der Waals surface area contributed by atoms with Crippen LogP contribution in [0.2, 0.25) is 0 Å². The molecule has 0 saturated heterocycles. The van der Waals surface area contributed by atoms with E-state index >= 15 is 0 Å². The standard InChI is InChI=1S/C22H18N2O4/c1-28-21-13-12-18(24(26)27)15-20(21)23-22(25)19(17-10-6-3-7-11-17)14-16-8-4-2-5-9-16/h2-15H,1H3,(H,23,25)/b19-14-. The molecule has 6 nitrogen and oxygen atoms in total. The Morgan fingerprint density at radius 1 is 1.00 bits per heavy atom. The topological polar surface area (TPSA) is 81.5 Å². The summed E-state index contributed by atoms with van der Waals surface area (Å²) in [5, 5.41) is 13.8. The van der Waals surface area contributed by atoms with Crippen LogP contribution in [-0.4, -0.2) is 17.9 Å². The normalized spacial score (nSPS) is 11.0. The van der Waals surface area contributed by atoms with Crippen molar-refractivity contribution in [3.05, 3.63) is 100 Å². The van der Waals surface area contributed by atoms with Crippen molar-refractivity contribution < 1.29 is 14.5 Å². The van der Waals surface area contributed by atoms with Crippen LogP contribution < -0.4 is 10.1 Å². The van der Waals surface area contributed by atoms with Gasteiger partial charge in [-0.1, -0.05) is 60.7 Å². The van der Waals surface area contributed by atoms with Crippen LogP contribution in [-0.2, 0) is 4.79 Å². The Morgan fingerprint density at radius 3 is 2.25 bits per heavy atom. The Kier molecular flexibility index (Phi) is 5.81. The van der Waals surface area contributed by atoms with Gasteiger partial charge in [0.25, 0.3) is 11.6 Å². The maximum absolute atomic E-state index is 13.1. The van der Waals surface area contributed by atoms with E-state index in [1.54, 1.807) is 6.08 Å². The second kappa shape index (κ2) is 8.64. The number of carbonyl (C=O) groups is 1. The second-order valence-corrected chi connectivity index (χ2v) is 5.93. The number of nitrogens with zero attached hydrogens (tertiary/aromatic N) is 1. The first-order chi connectivity index (χ1) is 13.6. The molecule has 3 aromatic rings. The smallest absolute Gasteiger partial charge is 0.271 e. The first-order valence-corrected chi connectivity index (χ1v) is 8.54. The number of non-ortho nitro benzene ring substituents is 1. The lowest BCUT2D eigenvalue weighted by molar-refractivity contribution is -0.384. The third kappa shape index (κ3) is 4.42. The molecule has 0 atom stereocenters. The number of nitrogens with one attached hydrogen (secondary N) is 1. The van der Waals surface area contributed by atoms with Gasteiger partial charge in [0.05, 0.1) is 17.7 Å². The lowest BCUT2D eigenvalue weighted by Gasteiger charge is -2.12. The van der Waals surface area contributed by atoms with Crippen molar-refractivity contribution in [2.24, 2.45) is 0 Å². The highest BCUT2D eigenvalue weighted by Gasteiger charge is 2.17. The van der Waals surface area contributed by atoms with Gasteiger partial charge >= 0.3 is 0 Å². The maximum atomic E-state index is 13.1. The van der Waals surface area contributed by atoms with Crippen LogP contribution in [0.25, 0.3) is 11.6 Å². The highest BCUT2D eigenvalue weighted by Crippen LogP contribution is 2.30. The van der Waals surface area contributed by atoms with E-state index in [-0.39, 0.29) is 11.4 Å². The Hall–Kier alpha value is -3.93. The summed E-state index contributed by atoms with van der Waals surface area (Å²) in [6.45, 7) is 0. The van der Waals surface area contributed by atoms with E-state index in [1.165, 1.54) is 25.3 Å². The molecular formula is C22H18N2O4. The quantitative estimate of drug-likeness (QED) is 0.291. The molecule has 0 saturated carbocycles. The number of benzene rings is 3. The Morgan fingerprint density at radius 2 is 1.64 bits per heavy atom. The van der Waals surface area contributed by atoms with Crippen molar-refractivity contribution in [3.8, 4) is 5.75 Å². The molecule has 0 aliphatic carbocycles.